The van der Waals surface area contributed by atoms with E-state index in [1.54, 1.807) is 0 Å². The van der Waals surface area contributed by atoms with Crippen molar-refractivity contribution in [3.63, 3.8) is 0 Å². The Balaban J connectivity index is 2.56. The summed E-state index contributed by atoms with van der Waals surface area (Å²) < 4.78 is 2.85. The second-order valence-electron chi connectivity index (χ2n) is 3.33. The van der Waals surface area contributed by atoms with E-state index in [2.05, 4.69) is 20.9 Å². The predicted octanol–water partition coefficient (Wildman–Crippen LogP) is 3.90. The number of nitrogens with zero attached hydrogens (tertiary/aromatic N) is 2. The van der Waals surface area contributed by atoms with Crippen molar-refractivity contribution in [1.29, 1.82) is 0 Å². The first kappa shape index (κ1) is 9.19. The second-order valence-corrected chi connectivity index (χ2v) is 4.58. The highest BCUT2D eigenvalue weighted by Gasteiger charge is 2.03. The molecular weight excluding hydrogens is 275 g/mol. The third-order valence-corrected chi connectivity index (χ3v) is 2.98. The van der Waals surface area contributed by atoms with Crippen molar-refractivity contribution in [2.75, 3.05) is 0 Å². The lowest BCUT2D eigenvalue weighted by Gasteiger charge is -2.01. The molecule has 4 heteroatoms. The van der Waals surface area contributed by atoms with Crippen LogP contribution in [0.25, 0.3) is 16.6 Å². The van der Waals surface area contributed by atoms with E-state index in [1.165, 1.54) is 0 Å². The van der Waals surface area contributed by atoms with Gasteiger partial charge in [0.25, 0.3) is 0 Å². The zero-order valence-electron chi connectivity index (χ0n) is 7.61. The third kappa shape index (κ3) is 1.43. The molecule has 74 valence electrons. The topological polar surface area (TPSA) is 17.3 Å². The van der Waals surface area contributed by atoms with E-state index in [9.17, 15) is 0 Å². The Kier molecular flexibility index (Phi) is 1.97. The predicted molar refractivity (Wildman–Crippen MR) is 65.4 cm³/mol. The Morgan fingerprint density at radius 1 is 1.20 bits per heavy atom. The van der Waals surface area contributed by atoms with Crippen molar-refractivity contribution < 1.29 is 0 Å². The number of imidazole rings is 1. The molecule has 0 fully saturated rings. The van der Waals surface area contributed by atoms with Gasteiger partial charge in [0.1, 0.15) is 10.3 Å². The Morgan fingerprint density at radius 2 is 2.00 bits per heavy atom. The normalized spacial score (nSPS) is 11.3. The SMILES string of the molecule is Clc1ccc2ccc3nc(Br)cn3c2c1. The fourth-order valence-corrected chi connectivity index (χ4v) is 2.26. The van der Waals surface area contributed by atoms with Crippen LogP contribution in [0, 0.1) is 0 Å². The molecule has 0 aliphatic heterocycles. The van der Waals surface area contributed by atoms with Crippen LogP contribution in [0.4, 0.5) is 0 Å². The van der Waals surface area contributed by atoms with Crippen LogP contribution in [0.2, 0.25) is 5.02 Å². The van der Waals surface area contributed by atoms with Crippen molar-refractivity contribution in [3.8, 4) is 0 Å². The lowest BCUT2D eigenvalue weighted by molar-refractivity contribution is 1.26. The van der Waals surface area contributed by atoms with Crippen LogP contribution in [-0.2, 0) is 0 Å². The molecule has 0 atom stereocenters. The number of aromatic nitrogens is 2. The van der Waals surface area contributed by atoms with E-state index >= 15 is 0 Å². The number of fused-ring (bicyclic) bond motifs is 3. The van der Waals surface area contributed by atoms with Gasteiger partial charge < -0.3 is 0 Å². The number of pyridine rings is 1. The number of hydrogen-bond acceptors (Lipinski definition) is 1. The molecule has 2 nitrogen and oxygen atoms in total. The Morgan fingerprint density at radius 3 is 2.87 bits per heavy atom. The van der Waals surface area contributed by atoms with Crippen LogP contribution in [0.5, 0.6) is 0 Å². The Labute approximate surface area is 99.6 Å². The molecule has 3 rings (SSSR count). The van der Waals surface area contributed by atoms with Gasteiger partial charge >= 0.3 is 0 Å². The summed E-state index contributed by atoms with van der Waals surface area (Å²) in [5.41, 5.74) is 1.98. The van der Waals surface area contributed by atoms with Crippen LogP contribution < -0.4 is 0 Å². The van der Waals surface area contributed by atoms with E-state index in [4.69, 9.17) is 11.6 Å². The highest BCUT2D eigenvalue weighted by Crippen LogP contribution is 2.22. The zero-order chi connectivity index (χ0) is 10.4. The van der Waals surface area contributed by atoms with Gasteiger partial charge in [-0.15, -0.1) is 0 Å². The van der Waals surface area contributed by atoms with Gasteiger partial charge in [0, 0.05) is 11.2 Å². The molecule has 1 aromatic carbocycles. The number of halogens is 2. The number of benzene rings is 1. The minimum absolute atomic E-state index is 0.736. The van der Waals surface area contributed by atoms with Crippen molar-refractivity contribution >= 4 is 44.1 Å². The van der Waals surface area contributed by atoms with Crippen LogP contribution in [-0.4, -0.2) is 9.38 Å². The molecule has 3 aromatic rings. The molecule has 0 saturated heterocycles. The summed E-state index contributed by atoms with van der Waals surface area (Å²) >= 11 is 9.34. The average Bonchev–Trinajstić information content (AvgIpc) is 2.58. The molecule has 0 saturated carbocycles. The fraction of sp³-hybridized carbons (Fsp3) is 0. The van der Waals surface area contributed by atoms with Crippen molar-refractivity contribution in [3.05, 3.63) is 46.2 Å². The van der Waals surface area contributed by atoms with E-state index < -0.39 is 0 Å². The van der Waals surface area contributed by atoms with E-state index in [0.29, 0.717) is 0 Å². The highest BCUT2D eigenvalue weighted by atomic mass is 79.9. The summed E-state index contributed by atoms with van der Waals surface area (Å²) in [6.07, 6.45) is 1.94. The Bertz CT molecular complexity index is 660. The van der Waals surface area contributed by atoms with Crippen molar-refractivity contribution in [1.82, 2.24) is 9.38 Å². The van der Waals surface area contributed by atoms with E-state index in [0.717, 1.165) is 26.2 Å². The second kappa shape index (κ2) is 3.22. The lowest BCUT2D eigenvalue weighted by atomic mass is 10.2. The molecule has 15 heavy (non-hydrogen) atoms. The van der Waals surface area contributed by atoms with Gasteiger partial charge in [-0.2, -0.15) is 0 Å². The first-order chi connectivity index (χ1) is 7.24. The van der Waals surface area contributed by atoms with Gasteiger partial charge in [0.2, 0.25) is 0 Å². The number of rotatable bonds is 0. The maximum atomic E-state index is 5.98. The molecule has 0 bridgehead atoms. The van der Waals surface area contributed by atoms with Crippen LogP contribution in [0.15, 0.2) is 41.1 Å². The molecule has 2 heterocycles. The molecule has 0 spiro atoms. The van der Waals surface area contributed by atoms with Gasteiger partial charge in [-0.3, -0.25) is 4.40 Å². The largest absolute Gasteiger partial charge is 0.298 e. The first-order valence-electron chi connectivity index (χ1n) is 4.47. The fourth-order valence-electron chi connectivity index (χ4n) is 1.71. The molecule has 0 aliphatic carbocycles. The lowest BCUT2D eigenvalue weighted by Crippen LogP contribution is -1.85. The van der Waals surface area contributed by atoms with E-state index in [-0.39, 0.29) is 0 Å². The van der Waals surface area contributed by atoms with Gasteiger partial charge in [0.05, 0.1) is 5.52 Å². The molecule has 0 unspecified atom stereocenters. The van der Waals surface area contributed by atoms with E-state index in [1.807, 2.05) is 40.9 Å². The van der Waals surface area contributed by atoms with Crippen molar-refractivity contribution in [2.45, 2.75) is 0 Å². The van der Waals surface area contributed by atoms with Crippen LogP contribution in [0.3, 0.4) is 0 Å². The summed E-state index contributed by atoms with van der Waals surface area (Å²) in [7, 11) is 0. The zero-order valence-corrected chi connectivity index (χ0v) is 9.96. The maximum Gasteiger partial charge on any atom is 0.138 e. The highest BCUT2D eigenvalue weighted by molar-refractivity contribution is 9.10. The third-order valence-electron chi connectivity index (χ3n) is 2.37. The molecule has 0 amide bonds. The molecule has 0 N–H and O–H groups in total. The monoisotopic (exact) mass is 280 g/mol. The minimum Gasteiger partial charge on any atom is -0.298 e. The summed E-state index contributed by atoms with van der Waals surface area (Å²) in [6, 6.07) is 9.87. The number of hydrogen-bond donors (Lipinski definition) is 0. The van der Waals surface area contributed by atoms with Gasteiger partial charge in [0.15, 0.2) is 0 Å². The molecule has 0 radical (unpaired) electrons. The molecule has 2 aromatic heterocycles. The van der Waals surface area contributed by atoms with Gasteiger partial charge in [-0.25, -0.2) is 4.98 Å². The maximum absolute atomic E-state index is 5.98. The summed E-state index contributed by atoms with van der Waals surface area (Å²) in [5.74, 6) is 0. The minimum atomic E-state index is 0.736. The standard InChI is InChI=1S/C11H6BrClN2/c12-10-6-15-9-5-8(13)3-1-7(9)2-4-11(15)14-10/h1-6H. The molecular formula is C11H6BrClN2. The summed E-state index contributed by atoms with van der Waals surface area (Å²) in [6.45, 7) is 0. The average molecular weight is 282 g/mol. The quantitative estimate of drug-likeness (QED) is 0.611. The summed E-state index contributed by atoms with van der Waals surface area (Å²) in [5, 5.41) is 1.89. The van der Waals surface area contributed by atoms with Gasteiger partial charge in [-0.05, 0) is 45.6 Å². The van der Waals surface area contributed by atoms with Crippen LogP contribution >= 0.6 is 27.5 Å². The first-order valence-corrected chi connectivity index (χ1v) is 5.64. The Hall–Kier alpha value is -1.06. The van der Waals surface area contributed by atoms with Crippen molar-refractivity contribution in [2.24, 2.45) is 0 Å². The van der Waals surface area contributed by atoms with Crippen LogP contribution in [0.1, 0.15) is 0 Å². The van der Waals surface area contributed by atoms with Gasteiger partial charge in [-0.1, -0.05) is 17.7 Å². The smallest absolute Gasteiger partial charge is 0.138 e. The molecule has 0 aliphatic rings. The summed E-state index contributed by atoms with van der Waals surface area (Å²) in [4.78, 5) is 4.33.